The molecule has 0 saturated heterocycles. The van der Waals surface area contributed by atoms with Crippen molar-refractivity contribution in [2.24, 2.45) is 11.8 Å². The van der Waals surface area contributed by atoms with Crippen LogP contribution in [0.5, 0.6) is 0 Å². The maximum absolute atomic E-state index is 3.90. The summed E-state index contributed by atoms with van der Waals surface area (Å²) < 4.78 is 0. The second-order valence-corrected chi connectivity index (χ2v) is 5.87. The maximum Gasteiger partial charge on any atom is 0.00952 e. The fraction of sp³-hybridized carbons (Fsp3) is 1.00. The van der Waals surface area contributed by atoms with Gasteiger partial charge in [0.1, 0.15) is 0 Å². The Morgan fingerprint density at radius 1 is 0.933 bits per heavy atom. The molecule has 0 heterocycles. The zero-order chi connectivity index (χ0) is 10.7. The molecule has 88 valence electrons. The Labute approximate surface area is 95.0 Å². The lowest BCUT2D eigenvalue weighted by Gasteiger charge is -2.31. The minimum absolute atomic E-state index is 0.760. The molecule has 2 unspecified atom stereocenters. The van der Waals surface area contributed by atoms with E-state index in [4.69, 9.17) is 0 Å². The predicted molar refractivity (Wildman–Crippen MR) is 66.0 cm³/mol. The van der Waals surface area contributed by atoms with Gasteiger partial charge in [0.15, 0.2) is 0 Å². The zero-order valence-corrected chi connectivity index (χ0v) is 10.5. The highest BCUT2D eigenvalue weighted by Gasteiger charge is 2.27. The third-order valence-electron chi connectivity index (χ3n) is 4.70. The Hall–Kier alpha value is -0.0400. The fourth-order valence-corrected chi connectivity index (χ4v) is 3.50. The van der Waals surface area contributed by atoms with Crippen LogP contribution < -0.4 is 5.32 Å². The number of rotatable bonds is 3. The van der Waals surface area contributed by atoms with Gasteiger partial charge in [-0.2, -0.15) is 0 Å². The van der Waals surface area contributed by atoms with Crippen molar-refractivity contribution >= 4 is 0 Å². The van der Waals surface area contributed by atoms with Crippen LogP contribution in [0.1, 0.15) is 65.2 Å². The van der Waals surface area contributed by atoms with E-state index >= 15 is 0 Å². The van der Waals surface area contributed by atoms with Gasteiger partial charge in [0.25, 0.3) is 0 Å². The third-order valence-corrected chi connectivity index (χ3v) is 4.70. The number of hydrogen-bond donors (Lipinski definition) is 1. The molecule has 0 aromatic heterocycles. The van der Waals surface area contributed by atoms with Crippen molar-refractivity contribution in [3.05, 3.63) is 0 Å². The van der Waals surface area contributed by atoms with Gasteiger partial charge in [-0.15, -0.1) is 0 Å². The zero-order valence-electron chi connectivity index (χ0n) is 10.5. The van der Waals surface area contributed by atoms with Crippen LogP contribution in [0.4, 0.5) is 0 Å². The van der Waals surface area contributed by atoms with E-state index < -0.39 is 0 Å². The van der Waals surface area contributed by atoms with E-state index in [1.165, 1.54) is 51.4 Å². The summed E-state index contributed by atoms with van der Waals surface area (Å²) in [5, 5.41) is 3.90. The molecule has 1 heteroatoms. The molecule has 2 aliphatic carbocycles. The summed E-state index contributed by atoms with van der Waals surface area (Å²) in [7, 11) is 0. The predicted octanol–water partition coefficient (Wildman–Crippen LogP) is 3.73. The lowest BCUT2D eigenvalue weighted by atomic mass is 9.84. The van der Waals surface area contributed by atoms with Crippen LogP contribution in [-0.2, 0) is 0 Å². The Morgan fingerprint density at radius 2 is 1.67 bits per heavy atom. The normalized spacial score (nSPS) is 35.6. The lowest BCUT2D eigenvalue weighted by Crippen LogP contribution is -2.42. The van der Waals surface area contributed by atoms with Crippen molar-refractivity contribution in [3.63, 3.8) is 0 Å². The summed E-state index contributed by atoms with van der Waals surface area (Å²) >= 11 is 0. The molecule has 1 N–H and O–H groups in total. The van der Waals surface area contributed by atoms with Gasteiger partial charge in [-0.25, -0.2) is 0 Å². The second kappa shape index (κ2) is 5.34. The van der Waals surface area contributed by atoms with Crippen LogP contribution in [0.2, 0.25) is 0 Å². The highest BCUT2D eigenvalue weighted by atomic mass is 15.0. The smallest absolute Gasteiger partial charge is 0.00952 e. The average Bonchev–Trinajstić information content (AvgIpc) is 2.66. The van der Waals surface area contributed by atoms with Gasteiger partial charge in [0.2, 0.25) is 0 Å². The molecule has 2 rings (SSSR count). The van der Waals surface area contributed by atoms with Crippen molar-refractivity contribution < 1.29 is 0 Å². The Kier molecular flexibility index (Phi) is 4.07. The fourth-order valence-electron chi connectivity index (χ4n) is 3.50. The molecule has 3 atom stereocenters. The van der Waals surface area contributed by atoms with E-state index in [0.29, 0.717) is 0 Å². The molecular formula is C14H27N. The monoisotopic (exact) mass is 209 g/mol. The first-order chi connectivity index (χ1) is 7.27. The first kappa shape index (κ1) is 11.4. The minimum atomic E-state index is 0.760. The molecule has 0 amide bonds. The van der Waals surface area contributed by atoms with E-state index in [0.717, 1.165) is 23.9 Å². The average molecular weight is 209 g/mol. The van der Waals surface area contributed by atoms with Gasteiger partial charge >= 0.3 is 0 Å². The van der Waals surface area contributed by atoms with E-state index in [2.05, 4.69) is 19.2 Å². The van der Waals surface area contributed by atoms with Crippen molar-refractivity contribution in [2.75, 3.05) is 0 Å². The molecule has 1 nitrogen and oxygen atoms in total. The minimum Gasteiger partial charge on any atom is -0.311 e. The standard InChI is InChI=1S/C14H27N/c1-11-7-6-10-14(11)15-12(2)13-8-4-3-5-9-13/h11-15H,3-10H2,1-2H3/t11?,12-,14?/m0/s1. The molecule has 0 aliphatic heterocycles. The number of hydrogen-bond acceptors (Lipinski definition) is 1. The highest BCUT2D eigenvalue weighted by molar-refractivity contribution is 4.85. The van der Waals surface area contributed by atoms with Crippen LogP contribution in [0, 0.1) is 11.8 Å². The van der Waals surface area contributed by atoms with E-state index in [-0.39, 0.29) is 0 Å². The van der Waals surface area contributed by atoms with Gasteiger partial charge in [-0.3, -0.25) is 0 Å². The maximum atomic E-state index is 3.90. The van der Waals surface area contributed by atoms with Crippen LogP contribution in [0.3, 0.4) is 0 Å². The van der Waals surface area contributed by atoms with Gasteiger partial charge in [0, 0.05) is 12.1 Å². The summed E-state index contributed by atoms with van der Waals surface area (Å²) in [4.78, 5) is 0. The molecule has 2 saturated carbocycles. The van der Waals surface area contributed by atoms with Crippen molar-refractivity contribution in [1.29, 1.82) is 0 Å². The molecule has 0 spiro atoms. The number of nitrogens with one attached hydrogen (secondary N) is 1. The molecule has 0 aromatic carbocycles. The first-order valence-electron chi connectivity index (χ1n) is 7.03. The highest BCUT2D eigenvalue weighted by Crippen LogP contribution is 2.29. The molecule has 0 radical (unpaired) electrons. The molecule has 0 bridgehead atoms. The van der Waals surface area contributed by atoms with Crippen LogP contribution in [-0.4, -0.2) is 12.1 Å². The van der Waals surface area contributed by atoms with Crippen LogP contribution >= 0.6 is 0 Å². The third kappa shape index (κ3) is 2.96. The van der Waals surface area contributed by atoms with Gasteiger partial charge in [0.05, 0.1) is 0 Å². The largest absolute Gasteiger partial charge is 0.311 e. The summed E-state index contributed by atoms with van der Waals surface area (Å²) in [6, 6.07) is 1.58. The van der Waals surface area contributed by atoms with Crippen molar-refractivity contribution in [2.45, 2.75) is 77.3 Å². The van der Waals surface area contributed by atoms with Crippen LogP contribution in [0.25, 0.3) is 0 Å². The van der Waals surface area contributed by atoms with Crippen molar-refractivity contribution in [3.8, 4) is 0 Å². The Balaban J connectivity index is 1.77. The summed E-state index contributed by atoms with van der Waals surface area (Å²) in [5.74, 6) is 1.88. The second-order valence-electron chi connectivity index (χ2n) is 5.87. The molecular weight excluding hydrogens is 182 g/mol. The molecule has 2 fully saturated rings. The quantitative estimate of drug-likeness (QED) is 0.747. The Bertz CT molecular complexity index is 184. The van der Waals surface area contributed by atoms with Gasteiger partial charge in [-0.1, -0.05) is 32.6 Å². The SMILES string of the molecule is CC1CCCC1N[C@@H](C)C1CCCCC1. The van der Waals surface area contributed by atoms with Crippen LogP contribution in [0.15, 0.2) is 0 Å². The van der Waals surface area contributed by atoms with E-state index in [1.807, 2.05) is 0 Å². The Morgan fingerprint density at radius 3 is 2.27 bits per heavy atom. The van der Waals surface area contributed by atoms with Gasteiger partial charge < -0.3 is 5.32 Å². The lowest BCUT2D eigenvalue weighted by molar-refractivity contribution is 0.251. The topological polar surface area (TPSA) is 12.0 Å². The summed E-state index contributed by atoms with van der Waals surface area (Å²) in [5.41, 5.74) is 0. The van der Waals surface area contributed by atoms with Crippen molar-refractivity contribution in [1.82, 2.24) is 5.32 Å². The van der Waals surface area contributed by atoms with E-state index in [1.54, 1.807) is 0 Å². The van der Waals surface area contributed by atoms with Gasteiger partial charge in [-0.05, 0) is 44.4 Å². The molecule has 15 heavy (non-hydrogen) atoms. The summed E-state index contributed by atoms with van der Waals surface area (Å²) in [6.45, 7) is 4.83. The first-order valence-corrected chi connectivity index (χ1v) is 7.03. The molecule has 0 aromatic rings. The summed E-state index contributed by atoms with van der Waals surface area (Å²) in [6.07, 6.45) is 11.6. The van der Waals surface area contributed by atoms with E-state index in [9.17, 15) is 0 Å². The molecule has 2 aliphatic rings.